The molecule has 0 spiro atoms. The van der Waals surface area contributed by atoms with Crippen LogP contribution in [0.2, 0.25) is 0 Å². The number of nitrogens with one attached hydrogen (secondary N) is 2. The molecule has 7 heteroatoms. The van der Waals surface area contributed by atoms with E-state index in [9.17, 15) is 13.2 Å². The number of hydrogen-bond donors (Lipinski definition) is 3. The highest BCUT2D eigenvalue weighted by Gasteiger charge is 2.16. The molecule has 20 heavy (non-hydrogen) atoms. The van der Waals surface area contributed by atoms with Crippen LogP contribution in [-0.2, 0) is 14.8 Å². The number of benzene rings is 1. The van der Waals surface area contributed by atoms with Crippen molar-refractivity contribution in [3.05, 3.63) is 24.3 Å². The number of carbonyl (C=O) groups excluding carboxylic acids is 1. The Morgan fingerprint density at radius 2 is 1.70 bits per heavy atom. The maximum Gasteiger partial charge on any atom is 0.232 e. The van der Waals surface area contributed by atoms with Gasteiger partial charge < -0.3 is 11.1 Å². The van der Waals surface area contributed by atoms with Crippen molar-refractivity contribution in [1.29, 1.82) is 0 Å². The van der Waals surface area contributed by atoms with Gasteiger partial charge in [-0.15, -0.1) is 0 Å². The first-order valence-corrected chi connectivity index (χ1v) is 7.96. The molecule has 0 saturated carbocycles. The van der Waals surface area contributed by atoms with Crippen molar-refractivity contribution in [3.8, 4) is 0 Å². The summed E-state index contributed by atoms with van der Waals surface area (Å²) >= 11 is 0. The largest absolute Gasteiger partial charge is 0.326 e. The van der Waals surface area contributed by atoms with Crippen molar-refractivity contribution in [2.45, 2.75) is 32.7 Å². The normalized spacial score (nSPS) is 12.0. The molecule has 112 valence electrons. The molecule has 1 amide bonds. The highest BCUT2D eigenvalue weighted by atomic mass is 32.2. The van der Waals surface area contributed by atoms with Gasteiger partial charge in [0.1, 0.15) is 0 Å². The van der Waals surface area contributed by atoms with Gasteiger partial charge in [-0.3, -0.25) is 9.52 Å². The summed E-state index contributed by atoms with van der Waals surface area (Å²) in [7, 11) is -3.29. The third kappa shape index (κ3) is 6.03. The van der Waals surface area contributed by atoms with Crippen LogP contribution < -0.4 is 15.8 Å². The maximum absolute atomic E-state index is 11.7. The van der Waals surface area contributed by atoms with E-state index in [2.05, 4.69) is 10.0 Å². The number of anilines is 2. The molecule has 0 fully saturated rings. The molecular formula is C13H21N3O3S. The van der Waals surface area contributed by atoms with E-state index in [0.29, 0.717) is 11.4 Å². The second kappa shape index (κ2) is 6.23. The zero-order valence-corrected chi connectivity index (χ0v) is 12.8. The monoisotopic (exact) mass is 299 g/mol. The molecular weight excluding hydrogens is 278 g/mol. The quantitative estimate of drug-likeness (QED) is 0.741. The summed E-state index contributed by atoms with van der Waals surface area (Å²) in [6.45, 7) is 5.11. The Kier molecular flexibility index (Phi) is 5.13. The van der Waals surface area contributed by atoms with Crippen LogP contribution in [0.5, 0.6) is 0 Å². The summed E-state index contributed by atoms with van der Waals surface area (Å²) in [5.41, 5.74) is 6.25. The molecule has 0 aliphatic rings. The van der Waals surface area contributed by atoms with Gasteiger partial charge in [0.05, 0.1) is 5.75 Å². The van der Waals surface area contributed by atoms with E-state index < -0.39 is 15.6 Å². The van der Waals surface area contributed by atoms with Crippen LogP contribution in [0.25, 0.3) is 0 Å². The number of rotatable bonds is 6. The maximum atomic E-state index is 11.7. The van der Waals surface area contributed by atoms with Crippen LogP contribution in [0.1, 0.15) is 27.2 Å². The molecule has 0 radical (unpaired) electrons. The number of hydrogen-bond acceptors (Lipinski definition) is 4. The van der Waals surface area contributed by atoms with Gasteiger partial charge in [0, 0.05) is 23.3 Å². The van der Waals surface area contributed by atoms with Crippen molar-refractivity contribution in [1.82, 2.24) is 0 Å². The van der Waals surface area contributed by atoms with Gasteiger partial charge >= 0.3 is 0 Å². The minimum atomic E-state index is -3.29. The lowest BCUT2D eigenvalue weighted by molar-refractivity contribution is -0.117. The molecule has 0 heterocycles. The third-order valence-electron chi connectivity index (χ3n) is 2.44. The molecule has 0 aromatic heterocycles. The van der Waals surface area contributed by atoms with Gasteiger partial charge in [0.2, 0.25) is 15.9 Å². The van der Waals surface area contributed by atoms with Gasteiger partial charge in [-0.25, -0.2) is 8.42 Å². The zero-order valence-electron chi connectivity index (χ0n) is 11.9. The molecule has 1 aromatic rings. The predicted molar refractivity (Wildman–Crippen MR) is 81.0 cm³/mol. The van der Waals surface area contributed by atoms with E-state index in [0.717, 1.165) is 0 Å². The van der Waals surface area contributed by atoms with E-state index in [-0.39, 0.29) is 18.1 Å². The Bertz CT molecular complexity index is 560. The van der Waals surface area contributed by atoms with Crippen LogP contribution in [0.15, 0.2) is 24.3 Å². The smallest absolute Gasteiger partial charge is 0.232 e. The fourth-order valence-electron chi connectivity index (χ4n) is 1.49. The topological polar surface area (TPSA) is 101 Å². The molecule has 0 atom stereocenters. The van der Waals surface area contributed by atoms with Crippen LogP contribution in [0, 0.1) is 0 Å². The Morgan fingerprint density at radius 1 is 1.20 bits per heavy atom. The van der Waals surface area contributed by atoms with Crippen molar-refractivity contribution >= 4 is 27.3 Å². The predicted octanol–water partition coefficient (Wildman–Crippen LogP) is 1.51. The van der Waals surface area contributed by atoms with Crippen LogP contribution >= 0.6 is 0 Å². The number of carbonyl (C=O) groups is 1. The van der Waals surface area contributed by atoms with Crippen LogP contribution in [-0.4, -0.2) is 25.6 Å². The van der Waals surface area contributed by atoms with Gasteiger partial charge in [-0.05, 0) is 45.0 Å². The first kappa shape index (κ1) is 16.5. The lowest BCUT2D eigenvalue weighted by Gasteiger charge is -2.17. The molecule has 0 unspecified atom stereocenters. The second-order valence-electron chi connectivity index (χ2n) is 5.30. The summed E-state index contributed by atoms with van der Waals surface area (Å²) in [5, 5.41) is 2.71. The van der Waals surface area contributed by atoms with Crippen LogP contribution in [0.4, 0.5) is 11.4 Å². The SMILES string of the molecule is CCS(=O)(=O)Nc1ccc(NC(=O)CC(C)(C)N)cc1. The average Bonchev–Trinajstić information content (AvgIpc) is 2.29. The van der Waals surface area contributed by atoms with Gasteiger partial charge in [0.25, 0.3) is 0 Å². The molecule has 0 saturated heterocycles. The van der Waals surface area contributed by atoms with Crippen LogP contribution in [0.3, 0.4) is 0 Å². The highest BCUT2D eigenvalue weighted by molar-refractivity contribution is 7.92. The summed E-state index contributed by atoms with van der Waals surface area (Å²) < 4.78 is 25.2. The number of amides is 1. The summed E-state index contributed by atoms with van der Waals surface area (Å²) in [4.78, 5) is 11.7. The van der Waals surface area contributed by atoms with Crippen molar-refractivity contribution in [3.63, 3.8) is 0 Å². The van der Waals surface area contributed by atoms with E-state index in [1.807, 2.05) is 0 Å². The fraction of sp³-hybridized carbons (Fsp3) is 0.462. The Balaban J connectivity index is 2.66. The molecule has 0 aliphatic heterocycles. The zero-order chi connectivity index (χ0) is 15.4. The Hall–Kier alpha value is -1.60. The van der Waals surface area contributed by atoms with Gasteiger partial charge in [-0.2, -0.15) is 0 Å². The molecule has 6 nitrogen and oxygen atoms in total. The molecule has 0 bridgehead atoms. The summed E-state index contributed by atoms with van der Waals surface area (Å²) in [6.07, 6.45) is 0.206. The summed E-state index contributed by atoms with van der Waals surface area (Å²) in [6, 6.07) is 6.46. The minimum absolute atomic E-state index is 0.0110. The first-order valence-electron chi connectivity index (χ1n) is 6.30. The van der Waals surface area contributed by atoms with Crippen molar-refractivity contribution in [2.75, 3.05) is 15.8 Å². The number of nitrogens with two attached hydrogens (primary N) is 1. The first-order chi connectivity index (χ1) is 9.11. The van der Waals surface area contributed by atoms with Crippen molar-refractivity contribution < 1.29 is 13.2 Å². The molecule has 0 aliphatic carbocycles. The minimum Gasteiger partial charge on any atom is -0.326 e. The summed E-state index contributed by atoms with van der Waals surface area (Å²) in [5.74, 6) is -0.170. The van der Waals surface area contributed by atoms with Gasteiger partial charge in [-0.1, -0.05) is 0 Å². The van der Waals surface area contributed by atoms with Gasteiger partial charge in [0.15, 0.2) is 0 Å². The third-order valence-corrected chi connectivity index (χ3v) is 3.75. The average molecular weight is 299 g/mol. The van der Waals surface area contributed by atoms with E-state index in [4.69, 9.17) is 5.73 Å². The lowest BCUT2D eigenvalue weighted by Crippen LogP contribution is -2.36. The fourth-order valence-corrected chi connectivity index (χ4v) is 2.13. The van der Waals surface area contributed by atoms with E-state index >= 15 is 0 Å². The van der Waals surface area contributed by atoms with Crippen molar-refractivity contribution in [2.24, 2.45) is 5.73 Å². The Morgan fingerprint density at radius 3 is 2.15 bits per heavy atom. The second-order valence-corrected chi connectivity index (χ2v) is 7.31. The highest BCUT2D eigenvalue weighted by Crippen LogP contribution is 2.16. The van der Waals surface area contributed by atoms with E-state index in [1.54, 1.807) is 45.0 Å². The standard InChI is InChI=1S/C13H21N3O3S/c1-4-20(18,19)16-11-7-5-10(6-8-11)15-12(17)9-13(2,3)14/h5-8,16H,4,9,14H2,1-3H3,(H,15,17). The molecule has 1 aromatic carbocycles. The lowest BCUT2D eigenvalue weighted by atomic mass is 10.0. The number of sulfonamides is 1. The Labute approximate surface area is 119 Å². The molecule has 4 N–H and O–H groups in total. The van der Waals surface area contributed by atoms with E-state index in [1.165, 1.54) is 0 Å². The molecule has 1 rings (SSSR count).